The Labute approximate surface area is 288 Å². The fraction of sp³-hybridized carbons (Fsp3) is 0.343. The predicted molar refractivity (Wildman–Crippen MR) is 186 cm³/mol. The van der Waals surface area contributed by atoms with Crippen LogP contribution in [0.5, 0.6) is 0 Å². The molecule has 2 aliphatic rings. The van der Waals surface area contributed by atoms with E-state index in [9.17, 15) is 9.59 Å². The van der Waals surface area contributed by atoms with Crippen LogP contribution >= 0.6 is 35.0 Å². The number of aliphatic hydroxyl groups excluding tert-OH is 1. The molecule has 2 saturated heterocycles. The number of rotatable bonds is 9. The number of carbonyl (C=O) groups excluding carboxylic acids is 3. The van der Waals surface area contributed by atoms with Gasteiger partial charge in [-0.2, -0.15) is 0 Å². The lowest BCUT2D eigenvalue weighted by molar-refractivity contribution is -0.136. The Morgan fingerprint density at radius 1 is 0.979 bits per heavy atom. The summed E-state index contributed by atoms with van der Waals surface area (Å²) in [4.78, 5) is 51.6. The third-order valence-corrected chi connectivity index (χ3v) is 10.8. The number of benzene rings is 3. The lowest BCUT2D eigenvalue weighted by atomic mass is 9.90. The van der Waals surface area contributed by atoms with Crippen molar-refractivity contribution in [2.45, 2.75) is 42.0 Å². The Balaban J connectivity index is 1.41. The first-order valence-corrected chi connectivity index (χ1v) is 17.2. The third-order valence-electron chi connectivity index (χ3n) is 8.87. The second-order valence-electron chi connectivity index (χ2n) is 12.1. The van der Waals surface area contributed by atoms with E-state index in [-0.39, 0.29) is 30.9 Å². The zero-order chi connectivity index (χ0) is 33.1. The summed E-state index contributed by atoms with van der Waals surface area (Å²) in [6, 6.07) is 20.2. The second kappa shape index (κ2) is 14.2. The topological polar surface area (TPSA) is 109 Å². The number of nitrogens with one attached hydrogen (secondary N) is 2. The Morgan fingerprint density at radius 3 is 2.36 bits per heavy atom. The minimum atomic E-state index is -1.21. The zero-order valence-electron chi connectivity index (χ0n) is 26.0. The van der Waals surface area contributed by atoms with Gasteiger partial charge in [-0.1, -0.05) is 59.1 Å². The van der Waals surface area contributed by atoms with Crippen LogP contribution in [0.2, 0.25) is 10.0 Å². The van der Waals surface area contributed by atoms with E-state index in [1.165, 1.54) is 11.8 Å². The molecule has 3 N–H and O–H groups in total. The van der Waals surface area contributed by atoms with E-state index in [0.29, 0.717) is 55.7 Å². The minimum absolute atomic E-state index is 0.00167. The normalized spacial score (nSPS) is 19.9. The molecule has 4 amide bonds. The van der Waals surface area contributed by atoms with Gasteiger partial charge < -0.3 is 30.1 Å². The van der Waals surface area contributed by atoms with E-state index in [4.69, 9.17) is 28.3 Å². The van der Waals surface area contributed by atoms with Gasteiger partial charge in [-0.15, -0.1) is 11.8 Å². The highest BCUT2D eigenvalue weighted by atomic mass is 35.5. The molecule has 246 valence electrons. The number of hydrogen-bond donors (Lipinski definition) is 3. The molecule has 1 aromatic heterocycles. The number of halogens is 2. The summed E-state index contributed by atoms with van der Waals surface area (Å²) in [5.74, 6) is -0.258. The van der Waals surface area contributed by atoms with Gasteiger partial charge in [-0.05, 0) is 55.3 Å². The van der Waals surface area contributed by atoms with Crippen molar-refractivity contribution in [3.05, 3.63) is 99.7 Å². The van der Waals surface area contributed by atoms with E-state index in [1.807, 2.05) is 72.6 Å². The average molecular weight is 695 g/mol. The van der Waals surface area contributed by atoms with E-state index >= 15 is 4.79 Å². The largest absolute Gasteiger partial charge is 0.396 e. The number of aryl methyl sites for hydroxylation is 1. The fourth-order valence-corrected chi connectivity index (χ4v) is 8.23. The van der Waals surface area contributed by atoms with Crippen molar-refractivity contribution in [1.29, 1.82) is 0 Å². The highest BCUT2D eigenvalue weighted by molar-refractivity contribution is 8.01. The summed E-state index contributed by atoms with van der Waals surface area (Å²) < 4.78 is -1.21. The monoisotopic (exact) mass is 693 g/mol. The van der Waals surface area contributed by atoms with Crippen molar-refractivity contribution in [1.82, 2.24) is 25.0 Å². The van der Waals surface area contributed by atoms with Crippen molar-refractivity contribution in [2.24, 2.45) is 0 Å². The molecule has 0 saturated carbocycles. The zero-order valence-corrected chi connectivity index (χ0v) is 28.4. The smallest absolute Gasteiger partial charge is 0.317 e. The third kappa shape index (κ3) is 6.97. The van der Waals surface area contributed by atoms with E-state index in [2.05, 4.69) is 10.3 Å². The van der Waals surface area contributed by atoms with Crippen LogP contribution in [0.3, 0.4) is 0 Å². The molecule has 6 rings (SSSR count). The Hall–Kier alpha value is -3.70. The molecule has 0 radical (unpaired) electrons. The molecule has 0 aliphatic carbocycles. The van der Waals surface area contributed by atoms with Gasteiger partial charge >= 0.3 is 6.03 Å². The van der Waals surface area contributed by atoms with Crippen LogP contribution in [0.1, 0.15) is 35.6 Å². The second-order valence-corrected chi connectivity index (χ2v) is 14.3. The van der Waals surface area contributed by atoms with Gasteiger partial charge in [-0.25, -0.2) is 4.79 Å². The van der Waals surface area contributed by atoms with Crippen molar-refractivity contribution < 1.29 is 19.5 Å². The number of aromatic amines is 1. The summed E-state index contributed by atoms with van der Waals surface area (Å²) in [5, 5.41) is 14.0. The molecule has 47 heavy (non-hydrogen) atoms. The summed E-state index contributed by atoms with van der Waals surface area (Å²) >= 11 is 14.0. The standard InChI is InChI=1S/C35H37Cl2N5O4S/c1-23-3-10-27(11-4-23)47-35(33(45)40-14-16-41(17-15-40)34(46)38-13-2-18-43)20-31(44)42(22-24-5-7-25(36)8-6-24)32(35)29-21-39-30-19-26(37)9-12-28(29)30/h3-12,19,21,32,39,43H,2,13-18,20,22H2,1H3,(H,38,46)/t32-,35-/m0/s1. The molecule has 12 heteroatoms. The van der Waals surface area contributed by atoms with Gasteiger partial charge in [0.05, 0.1) is 12.5 Å². The van der Waals surface area contributed by atoms with Gasteiger partial charge in [-0.3, -0.25) is 9.59 Å². The van der Waals surface area contributed by atoms with Crippen LogP contribution in [0, 0.1) is 6.92 Å². The number of carbonyl (C=O) groups is 3. The number of fused-ring (bicyclic) bond motifs is 1. The molecule has 0 spiro atoms. The molecule has 4 aromatic rings. The van der Waals surface area contributed by atoms with Crippen LogP contribution in [-0.2, 0) is 16.1 Å². The summed E-state index contributed by atoms with van der Waals surface area (Å²) in [5.41, 5.74) is 3.66. The maximum Gasteiger partial charge on any atom is 0.317 e. The summed E-state index contributed by atoms with van der Waals surface area (Å²) in [7, 11) is 0. The van der Waals surface area contributed by atoms with Crippen molar-refractivity contribution in [3.63, 3.8) is 0 Å². The van der Waals surface area contributed by atoms with Crippen LogP contribution in [0.4, 0.5) is 4.79 Å². The predicted octanol–water partition coefficient (Wildman–Crippen LogP) is 6.02. The van der Waals surface area contributed by atoms with Crippen LogP contribution < -0.4 is 5.32 Å². The number of amides is 4. The fourth-order valence-electron chi connectivity index (χ4n) is 6.46. The molecular weight excluding hydrogens is 657 g/mol. The number of hydrogen-bond acceptors (Lipinski definition) is 5. The molecule has 2 fully saturated rings. The molecular formula is C35H37Cl2N5O4S. The van der Waals surface area contributed by atoms with Crippen molar-refractivity contribution in [2.75, 3.05) is 39.3 Å². The highest BCUT2D eigenvalue weighted by Crippen LogP contribution is 2.55. The number of piperazine rings is 1. The lowest BCUT2D eigenvalue weighted by Crippen LogP contribution is -2.58. The summed E-state index contributed by atoms with van der Waals surface area (Å²) in [6.07, 6.45) is 2.38. The average Bonchev–Trinajstić information content (AvgIpc) is 3.60. The number of likely N-dealkylation sites (tertiary alicyclic amines) is 1. The Morgan fingerprint density at radius 2 is 1.66 bits per heavy atom. The van der Waals surface area contributed by atoms with Crippen molar-refractivity contribution in [3.8, 4) is 0 Å². The molecule has 3 heterocycles. The van der Waals surface area contributed by atoms with Gasteiger partial charge in [0.1, 0.15) is 4.75 Å². The summed E-state index contributed by atoms with van der Waals surface area (Å²) in [6.45, 7) is 4.10. The van der Waals surface area contributed by atoms with Gasteiger partial charge in [0.25, 0.3) is 0 Å². The Bertz CT molecular complexity index is 1760. The van der Waals surface area contributed by atoms with Gasteiger partial charge in [0.2, 0.25) is 11.8 Å². The van der Waals surface area contributed by atoms with Crippen LogP contribution in [-0.4, -0.2) is 86.7 Å². The van der Waals surface area contributed by atoms with E-state index in [0.717, 1.165) is 32.5 Å². The lowest BCUT2D eigenvalue weighted by Gasteiger charge is -2.42. The first-order valence-electron chi connectivity index (χ1n) is 15.7. The number of urea groups is 1. The maximum absolute atomic E-state index is 15.1. The number of aromatic nitrogens is 1. The number of nitrogens with zero attached hydrogens (tertiary/aromatic N) is 3. The van der Waals surface area contributed by atoms with Gasteiger partial charge in [0.15, 0.2) is 0 Å². The van der Waals surface area contributed by atoms with E-state index < -0.39 is 10.8 Å². The number of thioether (sulfide) groups is 1. The molecule has 3 aromatic carbocycles. The number of H-pyrrole nitrogens is 1. The quantitative estimate of drug-likeness (QED) is 0.186. The van der Waals surface area contributed by atoms with E-state index in [1.54, 1.807) is 21.9 Å². The minimum Gasteiger partial charge on any atom is -0.396 e. The van der Waals surface area contributed by atoms with Crippen molar-refractivity contribution >= 4 is 63.7 Å². The molecule has 0 unspecified atom stereocenters. The van der Waals surface area contributed by atoms with Gasteiger partial charge in [0, 0.05) is 83.5 Å². The first-order chi connectivity index (χ1) is 22.7. The molecule has 9 nitrogen and oxygen atoms in total. The Kier molecular flexibility index (Phi) is 10.0. The SMILES string of the molecule is Cc1ccc(S[C@@]2(C(=O)N3CCN(C(=O)NCCCO)CC3)CC(=O)N(Cc3ccc(Cl)cc3)[C@H]2c2c[nH]c3cc(Cl)ccc23)cc1. The molecule has 0 bridgehead atoms. The molecule has 2 aliphatic heterocycles. The number of aliphatic hydroxyl groups is 1. The highest BCUT2D eigenvalue weighted by Gasteiger charge is 2.59. The first kappa shape index (κ1) is 33.2. The van der Waals surface area contributed by atoms with Crippen LogP contribution in [0.15, 0.2) is 77.8 Å². The maximum atomic E-state index is 15.1. The van der Waals surface area contributed by atoms with Crippen LogP contribution in [0.25, 0.3) is 10.9 Å². The molecule has 2 atom stereocenters.